The molecule has 1 N–H and O–H groups in total. The molecular formula is C11H18N2O4. The molecule has 2 fully saturated rings. The molecule has 1 saturated heterocycles. The van der Waals surface area contributed by atoms with Gasteiger partial charge in [-0.15, -0.1) is 0 Å². The fourth-order valence-corrected chi connectivity index (χ4v) is 2.09. The lowest BCUT2D eigenvalue weighted by Gasteiger charge is -2.34. The van der Waals surface area contributed by atoms with Crippen molar-refractivity contribution in [3.05, 3.63) is 0 Å². The number of morpholine rings is 1. The van der Waals surface area contributed by atoms with E-state index in [1.54, 1.807) is 4.90 Å². The third-order valence-electron chi connectivity index (χ3n) is 3.19. The second kappa shape index (κ2) is 4.91. The van der Waals surface area contributed by atoms with E-state index in [1.807, 2.05) is 11.8 Å². The topological polar surface area (TPSA) is 70.1 Å². The first-order valence-corrected chi connectivity index (χ1v) is 6.03. The molecule has 1 saturated carbocycles. The Morgan fingerprint density at radius 3 is 2.71 bits per heavy atom. The predicted octanol–water partition coefficient (Wildman–Crippen LogP) is 0.376. The fourth-order valence-electron chi connectivity index (χ4n) is 2.09. The Morgan fingerprint density at radius 1 is 1.47 bits per heavy atom. The van der Waals surface area contributed by atoms with Crippen LogP contribution in [0.5, 0.6) is 0 Å². The van der Waals surface area contributed by atoms with E-state index in [1.165, 1.54) is 0 Å². The number of hydrogen-bond donors (Lipinski definition) is 1. The molecule has 0 radical (unpaired) electrons. The summed E-state index contributed by atoms with van der Waals surface area (Å²) < 4.78 is 5.10. The summed E-state index contributed by atoms with van der Waals surface area (Å²) in [7, 11) is 0. The SMILES string of the molecule is CCN(C(=O)N1CCOC(C(=O)O)C1)C1CC1. The molecule has 1 aliphatic carbocycles. The number of carboxylic acid groups (broad SMARTS) is 1. The predicted molar refractivity (Wildman–Crippen MR) is 59.7 cm³/mol. The first kappa shape index (κ1) is 12.2. The van der Waals surface area contributed by atoms with Crippen LogP contribution in [0, 0.1) is 0 Å². The second-order valence-corrected chi connectivity index (χ2v) is 4.44. The fraction of sp³-hybridized carbons (Fsp3) is 0.818. The summed E-state index contributed by atoms with van der Waals surface area (Å²) in [5.74, 6) is -1.00. The van der Waals surface area contributed by atoms with Gasteiger partial charge in [-0.1, -0.05) is 0 Å². The van der Waals surface area contributed by atoms with Crippen LogP contribution in [-0.4, -0.2) is 65.3 Å². The molecule has 96 valence electrons. The Balaban J connectivity index is 1.96. The summed E-state index contributed by atoms with van der Waals surface area (Å²) >= 11 is 0. The average molecular weight is 242 g/mol. The van der Waals surface area contributed by atoms with Crippen LogP contribution >= 0.6 is 0 Å². The Hall–Kier alpha value is -1.30. The van der Waals surface area contributed by atoms with Crippen molar-refractivity contribution in [3.8, 4) is 0 Å². The zero-order valence-corrected chi connectivity index (χ0v) is 9.96. The van der Waals surface area contributed by atoms with Crippen molar-refractivity contribution in [3.63, 3.8) is 0 Å². The summed E-state index contributed by atoms with van der Waals surface area (Å²) in [5, 5.41) is 8.88. The third kappa shape index (κ3) is 2.69. The summed E-state index contributed by atoms with van der Waals surface area (Å²) in [4.78, 5) is 26.4. The first-order valence-electron chi connectivity index (χ1n) is 6.03. The van der Waals surface area contributed by atoms with Crippen molar-refractivity contribution in [1.82, 2.24) is 9.80 Å². The molecule has 0 aromatic heterocycles. The van der Waals surface area contributed by atoms with Crippen LogP contribution in [0.15, 0.2) is 0 Å². The summed E-state index contributed by atoms with van der Waals surface area (Å²) in [6, 6.07) is 0.308. The molecular weight excluding hydrogens is 224 g/mol. The van der Waals surface area contributed by atoms with Crippen molar-refractivity contribution in [2.45, 2.75) is 31.9 Å². The minimum absolute atomic E-state index is 0.0513. The zero-order valence-electron chi connectivity index (χ0n) is 9.96. The molecule has 1 heterocycles. The maximum Gasteiger partial charge on any atom is 0.334 e. The summed E-state index contributed by atoms with van der Waals surface area (Å²) in [6.45, 7) is 3.55. The van der Waals surface area contributed by atoms with E-state index in [9.17, 15) is 9.59 Å². The normalized spacial score (nSPS) is 24.5. The van der Waals surface area contributed by atoms with E-state index in [0.29, 0.717) is 25.7 Å². The van der Waals surface area contributed by atoms with Gasteiger partial charge in [0.05, 0.1) is 13.2 Å². The van der Waals surface area contributed by atoms with Crippen LogP contribution in [-0.2, 0) is 9.53 Å². The van der Waals surface area contributed by atoms with Gasteiger partial charge in [0.1, 0.15) is 0 Å². The molecule has 2 aliphatic rings. The number of carbonyl (C=O) groups excluding carboxylic acids is 1. The van der Waals surface area contributed by atoms with Crippen LogP contribution in [0.3, 0.4) is 0 Å². The lowest BCUT2D eigenvalue weighted by atomic mass is 10.3. The van der Waals surface area contributed by atoms with E-state index in [-0.39, 0.29) is 12.6 Å². The number of carbonyl (C=O) groups is 2. The Morgan fingerprint density at radius 2 is 2.18 bits per heavy atom. The standard InChI is InChI=1S/C11H18N2O4/c1-2-13(8-3-4-8)11(16)12-5-6-17-9(7-12)10(14)15/h8-9H,2-7H2,1H3,(H,14,15). The Bertz CT molecular complexity index is 317. The van der Waals surface area contributed by atoms with Crippen molar-refractivity contribution in [1.29, 1.82) is 0 Å². The Labute approximate surface area is 100 Å². The quantitative estimate of drug-likeness (QED) is 0.776. The van der Waals surface area contributed by atoms with Crippen LogP contribution in [0.1, 0.15) is 19.8 Å². The summed E-state index contributed by atoms with van der Waals surface area (Å²) in [6.07, 6.45) is 1.24. The van der Waals surface area contributed by atoms with Crippen molar-refractivity contribution in [2.75, 3.05) is 26.2 Å². The molecule has 1 atom stereocenters. The molecule has 2 amide bonds. The van der Waals surface area contributed by atoms with Gasteiger partial charge < -0.3 is 19.6 Å². The van der Waals surface area contributed by atoms with Gasteiger partial charge in [-0.3, -0.25) is 0 Å². The van der Waals surface area contributed by atoms with Gasteiger partial charge in [0.2, 0.25) is 0 Å². The lowest BCUT2D eigenvalue weighted by Crippen LogP contribution is -2.53. The number of nitrogens with zero attached hydrogens (tertiary/aromatic N) is 2. The number of urea groups is 1. The van der Waals surface area contributed by atoms with Crippen molar-refractivity contribution in [2.24, 2.45) is 0 Å². The minimum Gasteiger partial charge on any atom is -0.479 e. The molecule has 17 heavy (non-hydrogen) atoms. The van der Waals surface area contributed by atoms with Crippen LogP contribution < -0.4 is 0 Å². The van der Waals surface area contributed by atoms with E-state index in [2.05, 4.69) is 0 Å². The molecule has 2 rings (SSSR count). The minimum atomic E-state index is -1.00. The molecule has 0 bridgehead atoms. The van der Waals surface area contributed by atoms with Crippen LogP contribution in [0.2, 0.25) is 0 Å². The molecule has 0 aromatic rings. The van der Waals surface area contributed by atoms with Crippen LogP contribution in [0.4, 0.5) is 4.79 Å². The number of carboxylic acids is 1. The summed E-state index contributed by atoms with van der Waals surface area (Å²) in [5.41, 5.74) is 0. The molecule has 0 spiro atoms. The number of aliphatic carboxylic acids is 1. The van der Waals surface area contributed by atoms with Crippen LogP contribution in [0.25, 0.3) is 0 Å². The number of rotatable bonds is 3. The third-order valence-corrected chi connectivity index (χ3v) is 3.19. The van der Waals surface area contributed by atoms with Gasteiger partial charge >= 0.3 is 12.0 Å². The molecule has 6 nitrogen and oxygen atoms in total. The Kier molecular flexibility index (Phi) is 3.51. The van der Waals surface area contributed by atoms with E-state index < -0.39 is 12.1 Å². The van der Waals surface area contributed by atoms with Crippen molar-refractivity contribution < 1.29 is 19.4 Å². The highest BCUT2D eigenvalue weighted by atomic mass is 16.5. The van der Waals surface area contributed by atoms with Gasteiger partial charge in [-0.2, -0.15) is 0 Å². The van der Waals surface area contributed by atoms with Gasteiger partial charge in [0.25, 0.3) is 0 Å². The first-order chi connectivity index (χ1) is 8.13. The van der Waals surface area contributed by atoms with Gasteiger partial charge in [-0.25, -0.2) is 9.59 Å². The number of ether oxygens (including phenoxy) is 1. The second-order valence-electron chi connectivity index (χ2n) is 4.44. The van der Waals surface area contributed by atoms with Gasteiger partial charge in [0, 0.05) is 19.1 Å². The van der Waals surface area contributed by atoms with Crippen molar-refractivity contribution >= 4 is 12.0 Å². The lowest BCUT2D eigenvalue weighted by molar-refractivity contribution is -0.154. The highest BCUT2D eigenvalue weighted by Gasteiger charge is 2.36. The van der Waals surface area contributed by atoms with E-state index >= 15 is 0 Å². The zero-order chi connectivity index (χ0) is 12.4. The highest BCUT2D eigenvalue weighted by Crippen LogP contribution is 2.27. The smallest absolute Gasteiger partial charge is 0.334 e. The number of amides is 2. The molecule has 6 heteroatoms. The van der Waals surface area contributed by atoms with E-state index in [0.717, 1.165) is 12.8 Å². The maximum absolute atomic E-state index is 12.2. The number of hydrogen-bond acceptors (Lipinski definition) is 3. The largest absolute Gasteiger partial charge is 0.479 e. The van der Waals surface area contributed by atoms with E-state index in [4.69, 9.17) is 9.84 Å². The monoisotopic (exact) mass is 242 g/mol. The van der Waals surface area contributed by atoms with Gasteiger partial charge in [-0.05, 0) is 19.8 Å². The molecule has 0 aromatic carbocycles. The maximum atomic E-state index is 12.2. The van der Waals surface area contributed by atoms with Gasteiger partial charge in [0.15, 0.2) is 6.10 Å². The molecule has 1 aliphatic heterocycles. The molecule has 1 unspecified atom stereocenters. The average Bonchev–Trinajstić information content (AvgIpc) is 3.14. The highest BCUT2D eigenvalue weighted by molar-refractivity contribution is 5.78.